The van der Waals surface area contributed by atoms with Gasteiger partial charge in [0.2, 0.25) is 11.8 Å². The summed E-state index contributed by atoms with van der Waals surface area (Å²) in [7, 11) is -0.165. The molecule has 29 heteroatoms. The van der Waals surface area contributed by atoms with Gasteiger partial charge >= 0.3 is 28.7 Å². The second kappa shape index (κ2) is 25.4. The summed E-state index contributed by atoms with van der Waals surface area (Å²) in [5, 5.41) is 5.96. The Labute approximate surface area is 447 Å². The first-order chi connectivity index (χ1) is 36.5. The number of benzene rings is 2. The second-order valence-electron chi connectivity index (χ2n) is 18.9. The molecule has 2 aromatic carbocycles. The topological polar surface area (TPSA) is 313 Å². The number of imide groups is 2. The number of nitrogens with one attached hydrogen (secondary N) is 2. The van der Waals surface area contributed by atoms with Crippen LogP contribution < -0.4 is 29.6 Å². The number of amides is 6. The second-order valence-corrected chi connectivity index (χ2v) is 24.9. The average Bonchev–Trinajstić information content (AvgIpc) is 4.18. The summed E-state index contributed by atoms with van der Waals surface area (Å²) in [6.45, 7) is 0.996. The van der Waals surface area contributed by atoms with E-state index in [-0.39, 0.29) is 116 Å². The smallest absolute Gasteiger partial charge is 0.333 e. The maximum atomic E-state index is 14.9. The van der Waals surface area contributed by atoms with Crippen molar-refractivity contribution in [2.24, 2.45) is 0 Å². The molecule has 7 atom stereocenters. The quantitative estimate of drug-likeness (QED) is 0.0448. The number of thioether (sulfide) groups is 1. The molecule has 0 saturated carbocycles. The number of methoxy groups -OCH3 is 2. The summed E-state index contributed by atoms with van der Waals surface area (Å²) in [4.78, 5) is 98.6. The Hall–Kier alpha value is -5.35. The molecular weight excluding hydrogens is 1080 g/mol. The van der Waals surface area contributed by atoms with Crippen LogP contribution in [0.1, 0.15) is 97.8 Å². The van der Waals surface area contributed by atoms with Crippen molar-refractivity contribution in [1.82, 2.24) is 19.8 Å². The number of hydroxylamine groups is 2. The van der Waals surface area contributed by atoms with Crippen LogP contribution in [0.4, 0.5) is 11.4 Å². The minimum absolute atomic E-state index is 0.0500. The third-order valence-corrected chi connectivity index (χ3v) is 19.4. The van der Waals surface area contributed by atoms with Gasteiger partial charge in [-0.05, 0) is 69.3 Å². The van der Waals surface area contributed by atoms with Crippen LogP contribution in [0.2, 0.25) is 0 Å². The number of hydrogen-bond acceptors (Lipinski definition) is 20. The van der Waals surface area contributed by atoms with Crippen molar-refractivity contribution in [3.05, 3.63) is 35.4 Å². The van der Waals surface area contributed by atoms with E-state index in [9.17, 15) is 55.7 Å². The van der Waals surface area contributed by atoms with E-state index in [1.54, 1.807) is 21.9 Å². The van der Waals surface area contributed by atoms with Crippen molar-refractivity contribution in [3.8, 4) is 23.0 Å². The molecule has 0 radical (unpaired) electrons. The Morgan fingerprint density at radius 3 is 1.70 bits per heavy atom. The van der Waals surface area contributed by atoms with E-state index < -0.39 is 89.3 Å². The zero-order valence-electron chi connectivity index (χ0n) is 41.8. The van der Waals surface area contributed by atoms with Gasteiger partial charge in [-0.15, -0.1) is 16.8 Å². The Balaban J connectivity index is 0.898. The summed E-state index contributed by atoms with van der Waals surface area (Å²) in [5.41, 5.74) is 1.18. The maximum absolute atomic E-state index is 14.9. The first-order valence-corrected chi connectivity index (χ1v) is 30.3. The van der Waals surface area contributed by atoms with E-state index in [0.717, 1.165) is 4.90 Å². The fourth-order valence-corrected chi connectivity index (χ4v) is 15.2. The molecule has 0 aliphatic carbocycles. The van der Waals surface area contributed by atoms with Gasteiger partial charge < -0.3 is 48.8 Å². The summed E-state index contributed by atoms with van der Waals surface area (Å²) in [6.07, 6.45) is 2.07. The van der Waals surface area contributed by atoms with Crippen LogP contribution in [0.5, 0.6) is 23.0 Å². The van der Waals surface area contributed by atoms with Crippen LogP contribution in [0, 0.1) is 0 Å². The Morgan fingerprint density at radius 1 is 0.711 bits per heavy atom. The minimum Gasteiger partial charge on any atom is -0.493 e. The monoisotopic (exact) mass is 1140 g/mol. The van der Waals surface area contributed by atoms with E-state index in [1.807, 2.05) is 0 Å². The third-order valence-electron chi connectivity index (χ3n) is 14.0. The van der Waals surface area contributed by atoms with E-state index >= 15 is 0 Å². The highest BCUT2D eigenvalue weighted by molar-refractivity contribution is 8.00. The third kappa shape index (κ3) is 13.3. The van der Waals surface area contributed by atoms with Crippen LogP contribution >= 0.6 is 18.9 Å². The molecule has 4 fully saturated rings. The molecule has 0 aromatic heterocycles. The van der Waals surface area contributed by atoms with Crippen LogP contribution in [0.15, 0.2) is 24.3 Å². The largest absolute Gasteiger partial charge is 0.493 e. The summed E-state index contributed by atoms with van der Waals surface area (Å²) < 4.78 is 91.8. The van der Waals surface area contributed by atoms with E-state index in [4.69, 9.17) is 32.2 Å². The Kier molecular flexibility index (Phi) is 19.0. The standard InChI is InChI=1S/C47H61N6O19PS3/c1-66-34-23-28-30(48-43(71-75(62)63)32-9-3-14-50(32)45(28)58)25-36(34)68-17-6-19-73(61,21-8-22-74-38-27-41(56)52(47(38)60)16-5-11-42(57)70-53-39(54)12-13-40(53)55)20-7-18-69-37-26-31-29(24-35(37)67-2)46(59)51-15-4-10-33(51)44(49-31)72-76(64)65/h23-26,32-33,38,43-44,48-49H,3-22,27H2,1-2H3,(H,62,63)(H,64,65)/t32-,33-,38?,43?,44?,73?/m0/s1. The number of anilines is 2. The van der Waals surface area contributed by atoms with Gasteiger partial charge in [-0.3, -0.25) is 42.8 Å². The molecule has 4 N–H and O–H groups in total. The lowest BCUT2D eigenvalue weighted by molar-refractivity contribution is -0.197. The number of fused-ring (bicyclic) bond motifs is 4. The van der Waals surface area contributed by atoms with Gasteiger partial charge in [0.25, 0.3) is 23.6 Å². The SMILES string of the molecule is COc1cc2c(cc1OCCCP(=O)(CCCOc1cc3c(cc1OC)C(=O)N1CCC[C@H]1C(OS(=O)O)N3)CCCSC1CC(=O)N(CCCC(=O)ON3C(=O)CCC3=O)C1=O)NC(OS(=O)O)[C@@H]1CCCN1C2=O. The van der Waals surface area contributed by atoms with Gasteiger partial charge in [0, 0.05) is 75.9 Å². The van der Waals surface area contributed by atoms with Gasteiger partial charge in [-0.1, -0.05) is 0 Å². The van der Waals surface area contributed by atoms with Crippen LogP contribution in [0.25, 0.3) is 0 Å². The Morgan fingerprint density at radius 2 is 1.21 bits per heavy atom. The molecule has 0 spiro atoms. The van der Waals surface area contributed by atoms with E-state index in [2.05, 4.69) is 10.6 Å². The highest BCUT2D eigenvalue weighted by atomic mass is 32.2. The highest BCUT2D eigenvalue weighted by Crippen LogP contribution is 2.49. The molecular formula is C47H61N6O19PS3. The highest BCUT2D eigenvalue weighted by Gasteiger charge is 2.44. The van der Waals surface area contributed by atoms with Crippen LogP contribution in [-0.4, -0.2) is 180 Å². The number of rotatable bonds is 26. The first kappa shape index (κ1) is 56.8. The molecule has 25 nitrogen and oxygen atoms in total. The summed E-state index contributed by atoms with van der Waals surface area (Å²) in [5.74, 6) is -2.02. The molecule has 6 heterocycles. The van der Waals surface area contributed by atoms with Crippen molar-refractivity contribution in [2.75, 3.05) is 81.9 Å². The predicted molar refractivity (Wildman–Crippen MR) is 274 cm³/mol. The summed E-state index contributed by atoms with van der Waals surface area (Å²) in [6, 6.07) is 5.24. The number of ether oxygens (including phenoxy) is 4. The van der Waals surface area contributed by atoms with E-state index in [1.165, 1.54) is 38.1 Å². The van der Waals surface area contributed by atoms with Crippen molar-refractivity contribution in [2.45, 2.75) is 107 Å². The van der Waals surface area contributed by atoms with Gasteiger partial charge in [-0.25, -0.2) is 13.2 Å². The van der Waals surface area contributed by atoms with Crippen molar-refractivity contribution >= 4 is 94.4 Å². The zero-order chi connectivity index (χ0) is 54.3. The number of likely N-dealkylation sites (tertiary alicyclic amines) is 1. The average molecular weight is 1140 g/mol. The molecule has 4 saturated heterocycles. The Bertz CT molecular complexity index is 2540. The fraction of sp³-hybridized carbons (Fsp3) is 0.596. The number of carbonyl (C=O) groups excluding carboxylic acids is 7. The number of nitrogens with zero attached hydrogens (tertiary/aromatic N) is 4. The lowest BCUT2D eigenvalue weighted by atomic mass is 10.1. The van der Waals surface area contributed by atoms with Crippen LogP contribution in [0.3, 0.4) is 0 Å². The van der Waals surface area contributed by atoms with Gasteiger partial charge in [0.05, 0.1) is 74.4 Å². The molecule has 0 bridgehead atoms. The molecule has 76 heavy (non-hydrogen) atoms. The van der Waals surface area contributed by atoms with Gasteiger partial charge in [0.1, 0.15) is 0 Å². The molecule has 2 aromatic rings. The number of carbonyl (C=O) groups is 7. The zero-order valence-corrected chi connectivity index (χ0v) is 45.2. The van der Waals surface area contributed by atoms with E-state index in [0.29, 0.717) is 80.2 Å². The van der Waals surface area contributed by atoms with Crippen molar-refractivity contribution < 1.29 is 87.8 Å². The molecule has 6 aliphatic heterocycles. The molecule has 6 aliphatic rings. The first-order valence-electron chi connectivity index (χ1n) is 25.0. The normalized spacial score (nSPS) is 23.7. The number of hydrogen-bond donors (Lipinski definition) is 4. The fourth-order valence-electron chi connectivity index (χ4n) is 10.3. The molecule has 8 rings (SSSR count). The maximum Gasteiger partial charge on any atom is 0.333 e. The van der Waals surface area contributed by atoms with Crippen molar-refractivity contribution in [3.63, 3.8) is 0 Å². The molecule has 6 amide bonds. The van der Waals surface area contributed by atoms with Gasteiger partial charge in [0.15, 0.2) is 35.5 Å². The molecule has 416 valence electrons. The minimum atomic E-state index is -3.03. The lowest BCUT2D eigenvalue weighted by Crippen LogP contribution is -2.45. The predicted octanol–water partition coefficient (Wildman–Crippen LogP) is 3.96. The molecule has 5 unspecified atom stereocenters. The summed E-state index contributed by atoms with van der Waals surface area (Å²) >= 11 is -3.97. The lowest BCUT2D eigenvalue weighted by Gasteiger charge is -2.27. The van der Waals surface area contributed by atoms with Crippen LogP contribution in [-0.2, 0) is 64.5 Å². The van der Waals surface area contributed by atoms with Crippen molar-refractivity contribution in [1.29, 1.82) is 0 Å². The van der Waals surface area contributed by atoms with Gasteiger partial charge in [-0.2, -0.15) is 8.42 Å².